The van der Waals surface area contributed by atoms with E-state index in [4.69, 9.17) is 0 Å². The number of carbonyl (C=O) groups excluding carboxylic acids is 1. The molecule has 0 aliphatic carbocycles. The molecule has 30 heavy (non-hydrogen) atoms. The number of thioether (sulfide) groups is 1. The van der Waals surface area contributed by atoms with Gasteiger partial charge in [0.15, 0.2) is 5.65 Å². The van der Waals surface area contributed by atoms with Gasteiger partial charge in [-0.1, -0.05) is 12.1 Å². The molecule has 0 radical (unpaired) electrons. The number of nitrogens with one attached hydrogen (secondary N) is 1. The van der Waals surface area contributed by atoms with E-state index in [1.54, 1.807) is 6.20 Å². The maximum absolute atomic E-state index is 13.1. The molecule has 1 aliphatic heterocycles. The van der Waals surface area contributed by atoms with Crippen LogP contribution in [0.3, 0.4) is 0 Å². The highest BCUT2D eigenvalue weighted by Crippen LogP contribution is 2.23. The summed E-state index contributed by atoms with van der Waals surface area (Å²) in [5, 5.41) is 8.41. The minimum Gasteiger partial charge on any atom is -0.322 e. The lowest BCUT2D eigenvalue weighted by molar-refractivity contribution is 0.102. The number of nitrogens with zero attached hydrogens (tertiary/aromatic N) is 4. The molecule has 1 aromatic carbocycles. The van der Waals surface area contributed by atoms with Gasteiger partial charge in [-0.15, -0.1) is 0 Å². The predicted molar refractivity (Wildman–Crippen MR) is 124 cm³/mol. The first kappa shape index (κ1) is 20.9. The van der Waals surface area contributed by atoms with E-state index in [0.717, 1.165) is 41.9 Å². The Morgan fingerprint density at radius 3 is 2.70 bits per heavy atom. The molecule has 3 aromatic rings. The van der Waals surface area contributed by atoms with Crippen molar-refractivity contribution in [2.45, 2.75) is 40.3 Å². The molecule has 1 fully saturated rings. The van der Waals surface area contributed by atoms with Gasteiger partial charge in [-0.2, -0.15) is 16.9 Å². The van der Waals surface area contributed by atoms with Crippen LogP contribution in [0.1, 0.15) is 47.1 Å². The van der Waals surface area contributed by atoms with Crippen molar-refractivity contribution in [1.29, 1.82) is 0 Å². The first-order valence-electron chi connectivity index (χ1n) is 10.5. The highest BCUT2D eigenvalue weighted by atomic mass is 32.2. The van der Waals surface area contributed by atoms with Crippen molar-refractivity contribution in [1.82, 2.24) is 19.7 Å². The van der Waals surface area contributed by atoms with Crippen LogP contribution >= 0.6 is 11.8 Å². The van der Waals surface area contributed by atoms with E-state index in [1.807, 2.05) is 36.4 Å². The monoisotopic (exact) mass is 423 g/mol. The molecular weight excluding hydrogens is 394 g/mol. The number of hydrogen-bond acceptors (Lipinski definition) is 5. The van der Waals surface area contributed by atoms with Crippen LogP contribution in [0.4, 0.5) is 5.69 Å². The normalized spacial score (nSPS) is 15.1. The zero-order chi connectivity index (χ0) is 21.3. The fourth-order valence-corrected chi connectivity index (χ4v) is 4.76. The number of amides is 1. The van der Waals surface area contributed by atoms with E-state index in [0.29, 0.717) is 11.3 Å². The number of fused-ring (bicyclic) bond motifs is 1. The Balaban J connectivity index is 1.56. The molecule has 0 saturated carbocycles. The molecule has 158 valence electrons. The lowest BCUT2D eigenvalue weighted by Crippen LogP contribution is -2.32. The highest BCUT2D eigenvalue weighted by Gasteiger charge is 2.17. The maximum Gasteiger partial charge on any atom is 0.257 e. The Morgan fingerprint density at radius 2 is 1.97 bits per heavy atom. The van der Waals surface area contributed by atoms with Crippen molar-refractivity contribution >= 4 is 34.4 Å². The molecule has 1 aliphatic rings. The molecule has 0 bridgehead atoms. The van der Waals surface area contributed by atoms with E-state index in [1.165, 1.54) is 17.1 Å². The summed E-state index contributed by atoms with van der Waals surface area (Å²) in [5.41, 5.74) is 5.26. The summed E-state index contributed by atoms with van der Waals surface area (Å²) < 4.78 is 1.89. The van der Waals surface area contributed by atoms with Crippen LogP contribution in [-0.4, -0.2) is 50.2 Å². The quantitative estimate of drug-likeness (QED) is 0.658. The highest BCUT2D eigenvalue weighted by molar-refractivity contribution is 7.99. The lowest BCUT2D eigenvalue weighted by Gasteiger charge is -2.26. The molecule has 0 spiro atoms. The molecule has 1 N–H and O–H groups in total. The second-order valence-electron chi connectivity index (χ2n) is 8.21. The van der Waals surface area contributed by atoms with Gasteiger partial charge in [-0.25, -0.2) is 9.67 Å². The van der Waals surface area contributed by atoms with E-state index >= 15 is 0 Å². The van der Waals surface area contributed by atoms with E-state index < -0.39 is 0 Å². The molecule has 3 heterocycles. The molecule has 1 amide bonds. The van der Waals surface area contributed by atoms with E-state index in [9.17, 15) is 4.79 Å². The average molecular weight is 424 g/mol. The number of aryl methyl sites for hydroxylation is 2. The maximum atomic E-state index is 13.1. The molecule has 2 aromatic heterocycles. The van der Waals surface area contributed by atoms with Gasteiger partial charge in [0.25, 0.3) is 5.91 Å². The van der Waals surface area contributed by atoms with Crippen LogP contribution in [0, 0.1) is 13.8 Å². The van der Waals surface area contributed by atoms with Gasteiger partial charge < -0.3 is 5.32 Å². The standard InChI is InChI=1S/C23H29N5OS/c1-15(2)28-22-19(13-24-28)12-20(17(4)25-22)23(29)26-21-11-18(6-5-16(21)3)14-27-7-9-30-10-8-27/h5-6,11-13,15H,7-10,14H2,1-4H3,(H,26,29). The number of hydrogen-bond donors (Lipinski definition) is 1. The zero-order valence-electron chi connectivity index (χ0n) is 18.1. The van der Waals surface area contributed by atoms with Crippen molar-refractivity contribution in [3.63, 3.8) is 0 Å². The average Bonchev–Trinajstić information content (AvgIpc) is 3.13. The summed E-state index contributed by atoms with van der Waals surface area (Å²) in [7, 11) is 0. The summed E-state index contributed by atoms with van der Waals surface area (Å²) in [5.74, 6) is 2.25. The van der Waals surface area contributed by atoms with Crippen molar-refractivity contribution in [3.05, 3.63) is 52.8 Å². The third-order valence-corrected chi connectivity index (χ3v) is 6.50. The van der Waals surface area contributed by atoms with Crippen LogP contribution in [0.15, 0.2) is 30.5 Å². The topological polar surface area (TPSA) is 63.1 Å². The lowest BCUT2D eigenvalue weighted by atomic mass is 10.1. The van der Waals surface area contributed by atoms with Crippen molar-refractivity contribution in [2.75, 3.05) is 29.9 Å². The number of rotatable bonds is 5. The van der Waals surface area contributed by atoms with Gasteiger partial charge in [0.05, 0.1) is 17.5 Å². The van der Waals surface area contributed by atoms with Gasteiger partial charge in [-0.05, 0) is 51.0 Å². The Bertz CT molecular complexity index is 1070. The Morgan fingerprint density at radius 1 is 1.20 bits per heavy atom. The van der Waals surface area contributed by atoms with Crippen LogP contribution in [0.25, 0.3) is 11.0 Å². The van der Waals surface area contributed by atoms with Crippen LogP contribution < -0.4 is 5.32 Å². The number of anilines is 1. The molecule has 0 unspecified atom stereocenters. The first-order chi connectivity index (χ1) is 14.4. The predicted octanol–water partition coefficient (Wildman–Crippen LogP) is 4.43. The van der Waals surface area contributed by atoms with Gasteiger partial charge in [-0.3, -0.25) is 9.69 Å². The number of aromatic nitrogens is 3. The van der Waals surface area contributed by atoms with Crippen molar-refractivity contribution in [2.24, 2.45) is 0 Å². The van der Waals surface area contributed by atoms with E-state index in [2.05, 4.69) is 52.3 Å². The summed E-state index contributed by atoms with van der Waals surface area (Å²) >= 11 is 2.02. The minimum absolute atomic E-state index is 0.131. The van der Waals surface area contributed by atoms with Crippen LogP contribution in [0.2, 0.25) is 0 Å². The Kier molecular flexibility index (Phi) is 6.11. The number of benzene rings is 1. The van der Waals surface area contributed by atoms with Gasteiger partial charge in [0.1, 0.15) is 0 Å². The summed E-state index contributed by atoms with van der Waals surface area (Å²) in [6.45, 7) is 11.2. The Labute approximate surface area is 182 Å². The molecule has 6 nitrogen and oxygen atoms in total. The molecule has 0 atom stereocenters. The summed E-state index contributed by atoms with van der Waals surface area (Å²) in [6.07, 6.45) is 1.78. The van der Waals surface area contributed by atoms with Crippen LogP contribution in [0.5, 0.6) is 0 Å². The second-order valence-corrected chi connectivity index (χ2v) is 9.43. The number of carbonyl (C=O) groups is 1. The smallest absolute Gasteiger partial charge is 0.257 e. The summed E-state index contributed by atoms with van der Waals surface area (Å²) in [6, 6.07) is 8.46. The van der Waals surface area contributed by atoms with Crippen LogP contribution in [-0.2, 0) is 6.54 Å². The minimum atomic E-state index is -0.131. The zero-order valence-corrected chi connectivity index (χ0v) is 18.9. The fraction of sp³-hybridized carbons (Fsp3) is 0.435. The number of pyridine rings is 1. The largest absolute Gasteiger partial charge is 0.322 e. The second kappa shape index (κ2) is 8.78. The summed E-state index contributed by atoms with van der Waals surface area (Å²) in [4.78, 5) is 20.2. The van der Waals surface area contributed by atoms with Gasteiger partial charge >= 0.3 is 0 Å². The fourth-order valence-electron chi connectivity index (χ4n) is 3.78. The van der Waals surface area contributed by atoms with Crippen molar-refractivity contribution < 1.29 is 4.79 Å². The van der Waals surface area contributed by atoms with Gasteiger partial charge in [0.2, 0.25) is 0 Å². The third-order valence-electron chi connectivity index (χ3n) is 5.55. The molecule has 4 rings (SSSR count). The Hall–Kier alpha value is -2.38. The third kappa shape index (κ3) is 4.37. The van der Waals surface area contributed by atoms with Gasteiger partial charge in [0, 0.05) is 48.3 Å². The molecule has 7 heteroatoms. The molecular formula is C23H29N5OS. The first-order valence-corrected chi connectivity index (χ1v) is 11.6. The van der Waals surface area contributed by atoms with E-state index in [-0.39, 0.29) is 11.9 Å². The molecule has 1 saturated heterocycles. The van der Waals surface area contributed by atoms with Crippen molar-refractivity contribution in [3.8, 4) is 0 Å². The SMILES string of the molecule is Cc1ccc(CN2CCSCC2)cc1NC(=O)c1cc2cnn(C(C)C)c2nc1C.